The molecule has 0 fully saturated rings. The number of phenols is 1. The Labute approximate surface area is 145 Å². The number of phenolic OH excluding ortho intramolecular Hbond substituents is 1. The maximum Gasteiger partial charge on any atom is 0.342 e. The van der Waals surface area contributed by atoms with E-state index in [1.807, 2.05) is 0 Å². The molecule has 1 aromatic heterocycles. The number of benzene rings is 1. The molecule has 0 spiro atoms. The molecule has 2 rings (SSSR count). The van der Waals surface area contributed by atoms with Gasteiger partial charge >= 0.3 is 5.97 Å². The lowest BCUT2D eigenvalue weighted by molar-refractivity contribution is 0.0314. The number of hydrogen-bond acceptors (Lipinski definition) is 5. The first kappa shape index (κ1) is 18.4. The number of nitrogens with one attached hydrogen (secondary N) is 1. The molecular weight excluding hydrogens is 322 g/mol. The van der Waals surface area contributed by atoms with Gasteiger partial charge < -0.3 is 14.8 Å². The molecular formula is C19H21NO5. The van der Waals surface area contributed by atoms with Crippen LogP contribution < -0.4 is 0 Å². The van der Waals surface area contributed by atoms with Crippen molar-refractivity contribution in [1.29, 1.82) is 0 Å². The van der Waals surface area contributed by atoms with Crippen molar-refractivity contribution in [1.82, 2.24) is 4.98 Å². The van der Waals surface area contributed by atoms with E-state index in [0.29, 0.717) is 22.4 Å². The number of esters is 1. The Kier molecular flexibility index (Phi) is 5.11. The summed E-state index contributed by atoms with van der Waals surface area (Å²) in [5.74, 6) is -1.53. The van der Waals surface area contributed by atoms with Crippen LogP contribution in [0.15, 0.2) is 18.2 Å². The number of ether oxygens (including phenoxy) is 1. The number of aromatic hydroxyl groups is 1. The smallest absolute Gasteiger partial charge is 0.342 e. The van der Waals surface area contributed by atoms with E-state index in [0.717, 1.165) is 0 Å². The van der Waals surface area contributed by atoms with Crippen molar-refractivity contribution in [2.45, 2.75) is 40.7 Å². The van der Waals surface area contributed by atoms with Crippen LogP contribution in [0.4, 0.5) is 0 Å². The van der Waals surface area contributed by atoms with E-state index in [1.165, 1.54) is 19.9 Å². The van der Waals surface area contributed by atoms with Gasteiger partial charge in [0, 0.05) is 11.3 Å². The third-order valence-corrected chi connectivity index (χ3v) is 4.15. The number of aryl methyl sites for hydroxylation is 2. The Morgan fingerprint density at radius 2 is 1.80 bits per heavy atom. The Bertz CT molecular complexity index is 863. The summed E-state index contributed by atoms with van der Waals surface area (Å²) in [6.07, 6.45) is -1.07. The summed E-state index contributed by atoms with van der Waals surface area (Å²) in [6.45, 7) is 7.93. The van der Waals surface area contributed by atoms with Gasteiger partial charge in [-0.25, -0.2) is 4.79 Å². The summed E-state index contributed by atoms with van der Waals surface area (Å²) >= 11 is 0. The highest BCUT2D eigenvalue weighted by Crippen LogP contribution is 2.24. The Morgan fingerprint density at radius 3 is 2.36 bits per heavy atom. The van der Waals surface area contributed by atoms with Crippen LogP contribution in [-0.2, 0) is 4.74 Å². The molecule has 0 aliphatic carbocycles. The van der Waals surface area contributed by atoms with Crippen molar-refractivity contribution in [3.05, 3.63) is 51.8 Å². The standard InChI is InChI=1S/C19H21NO5/c1-9-7-6-8-14(17(9)22)19(24)25-13(5)18(23)16-10(2)15(12(4)21)11(3)20-16/h6-8,13,20,22H,1-5H3/t13-/m1/s1. The van der Waals surface area contributed by atoms with Gasteiger partial charge in [-0.05, 0) is 51.8 Å². The predicted molar refractivity (Wildman–Crippen MR) is 92.3 cm³/mol. The first-order valence-corrected chi connectivity index (χ1v) is 7.89. The molecule has 1 atom stereocenters. The van der Waals surface area contributed by atoms with Crippen LogP contribution in [0.5, 0.6) is 5.75 Å². The van der Waals surface area contributed by atoms with Gasteiger partial charge in [0.05, 0.1) is 5.69 Å². The molecule has 0 aliphatic rings. The zero-order valence-electron chi connectivity index (χ0n) is 14.9. The second-order valence-electron chi connectivity index (χ2n) is 6.06. The van der Waals surface area contributed by atoms with Gasteiger partial charge in [0.25, 0.3) is 0 Å². The molecule has 0 radical (unpaired) electrons. The van der Waals surface area contributed by atoms with Crippen LogP contribution >= 0.6 is 0 Å². The van der Waals surface area contributed by atoms with Crippen molar-refractivity contribution >= 4 is 17.5 Å². The summed E-state index contributed by atoms with van der Waals surface area (Å²) in [5.41, 5.74) is 2.40. The molecule has 132 valence electrons. The number of rotatable bonds is 5. The zero-order valence-corrected chi connectivity index (χ0v) is 14.9. The fourth-order valence-electron chi connectivity index (χ4n) is 2.83. The van der Waals surface area contributed by atoms with Crippen molar-refractivity contribution in [2.24, 2.45) is 0 Å². The fraction of sp³-hybridized carbons (Fsp3) is 0.316. The highest BCUT2D eigenvalue weighted by molar-refractivity contribution is 6.05. The van der Waals surface area contributed by atoms with E-state index >= 15 is 0 Å². The van der Waals surface area contributed by atoms with Crippen molar-refractivity contribution in [2.75, 3.05) is 0 Å². The van der Waals surface area contributed by atoms with Gasteiger partial charge in [0.1, 0.15) is 11.3 Å². The Hall–Kier alpha value is -2.89. The number of ketones is 2. The molecule has 0 unspecified atom stereocenters. The summed E-state index contributed by atoms with van der Waals surface area (Å²) in [4.78, 5) is 39.4. The number of hydrogen-bond donors (Lipinski definition) is 2. The zero-order chi connectivity index (χ0) is 18.9. The molecule has 25 heavy (non-hydrogen) atoms. The monoisotopic (exact) mass is 343 g/mol. The minimum Gasteiger partial charge on any atom is -0.507 e. The summed E-state index contributed by atoms with van der Waals surface area (Å²) in [5, 5.41) is 9.95. The van der Waals surface area contributed by atoms with Crippen LogP contribution in [0.2, 0.25) is 0 Å². The summed E-state index contributed by atoms with van der Waals surface area (Å²) in [6, 6.07) is 4.71. The fourth-order valence-corrected chi connectivity index (χ4v) is 2.83. The highest BCUT2D eigenvalue weighted by atomic mass is 16.5. The van der Waals surface area contributed by atoms with E-state index < -0.39 is 17.9 Å². The normalized spacial score (nSPS) is 11.9. The van der Waals surface area contributed by atoms with Gasteiger partial charge in [-0.1, -0.05) is 12.1 Å². The molecule has 0 aliphatic heterocycles. The van der Waals surface area contributed by atoms with E-state index in [-0.39, 0.29) is 22.8 Å². The molecule has 1 heterocycles. The number of para-hydroxylation sites is 1. The van der Waals surface area contributed by atoms with Gasteiger partial charge in [-0.3, -0.25) is 9.59 Å². The molecule has 2 N–H and O–H groups in total. The molecule has 2 aromatic rings. The molecule has 6 nitrogen and oxygen atoms in total. The van der Waals surface area contributed by atoms with E-state index in [4.69, 9.17) is 4.74 Å². The van der Waals surface area contributed by atoms with Crippen molar-refractivity contribution < 1.29 is 24.2 Å². The average molecular weight is 343 g/mol. The number of H-pyrrole nitrogens is 1. The number of carbonyl (C=O) groups excluding carboxylic acids is 3. The van der Waals surface area contributed by atoms with Crippen LogP contribution in [0.3, 0.4) is 0 Å². The maximum absolute atomic E-state index is 12.6. The number of Topliss-reactive ketones (excluding diaryl/α,β-unsaturated/α-hetero) is 2. The van der Waals surface area contributed by atoms with Crippen molar-refractivity contribution in [3.8, 4) is 5.75 Å². The van der Waals surface area contributed by atoms with Gasteiger partial charge in [0.2, 0.25) is 5.78 Å². The lowest BCUT2D eigenvalue weighted by Crippen LogP contribution is -2.25. The molecule has 0 amide bonds. The quantitative estimate of drug-likeness (QED) is 0.641. The van der Waals surface area contributed by atoms with Crippen LogP contribution in [0, 0.1) is 20.8 Å². The second kappa shape index (κ2) is 6.93. The SMILES string of the molecule is CC(=O)c1c(C)[nH]c(C(=O)[C@@H](C)OC(=O)c2cccc(C)c2O)c1C. The van der Waals surface area contributed by atoms with E-state index in [1.54, 1.807) is 32.9 Å². The summed E-state index contributed by atoms with van der Waals surface area (Å²) < 4.78 is 5.20. The minimum absolute atomic E-state index is 0.00321. The van der Waals surface area contributed by atoms with E-state index in [9.17, 15) is 19.5 Å². The largest absolute Gasteiger partial charge is 0.507 e. The first-order valence-electron chi connectivity index (χ1n) is 7.89. The number of aromatic amines is 1. The van der Waals surface area contributed by atoms with Crippen molar-refractivity contribution in [3.63, 3.8) is 0 Å². The average Bonchev–Trinajstić information content (AvgIpc) is 2.83. The highest BCUT2D eigenvalue weighted by Gasteiger charge is 2.27. The second-order valence-corrected chi connectivity index (χ2v) is 6.06. The molecule has 6 heteroatoms. The van der Waals surface area contributed by atoms with Gasteiger partial charge in [-0.15, -0.1) is 0 Å². The van der Waals surface area contributed by atoms with Gasteiger partial charge in [-0.2, -0.15) is 0 Å². The minimum atomic E-state index is -1.07. The topological polar surface area (TPSA) is 96.5 Å². The molecule has 0 saturated carbocycles. The lowest BCUT2D eigenvalue weighted by atomic mass is 10.0. The summed E-state index contributed by atoms with van der Waals surface area (Å²) in [7, 11) is 0. The van der Waals surface area contributed by atoms with Crippen LogP contribution in [0.1, 0.15) is 61.9 Å². The predicted octanol–water partition coefficient (Wildman–Crippen LogP) is 3.28. The van der Waals surface area contributed by atoms with Crippen LogP contribution in [0.25, 0.3) is 0 Å². The third kappa shape index (κ3) is 3.47. The first-order chi connectivity index (χ1) is 11.6. The van der Waals surface area contributed by atoms with E-state index in [2.05, 4.69) is 4.98 Å². The van der Waals surface area contributed by atoms with Crippen LogP contribution in [-0.4, -0.2) is 33.7 Å². The maximum atomic E-state index is 12.6. The lowest BCUT2D eigenvalue weighted by Gasteiger charge is -2.13. The number of carbonyl (C=O) groups is 3. The molecule has 1 aromatic carbocycles. The Morgan fingerprint density at radius 1 is 1.16 bits per heavy atom. The van der Waals surface area contributed by atoms with Gasteiger partial charge in [0.15, 0.2) is 11.9 Å². The molecule has 0 bridgehead atoms. The Balaban J connectivity index is 2.24. The molecule has 0 saturated heterocycles. The third-order valence-electron chi connectivity index (χ3n) is 4.15. The number of aromatic nitrogens is 1.